The highest BCUT2D eigenvalue weighted by molar-refractivity contribution is 5.94. The van der Waals surface area contributed by atoms with Gasteiger partial charge in [0, 0.05) is 31.9 Å². The molecule has 0 aliphatic heterocycles. The third-order valence-electron chi connectivity index (χ3n) is 3.55. The van der Waals surface area contributed by atoms with E-state index in [9.17, 15) is 4.79 Å². The maximum Gasteiger partial charge on any atom is 0.253 e. The molecule has 0 bridgehead atoms. The van der Waals surface area contributed by atoms with E-state index in [1.807, 2.05) is 55.5 Å². The highest BCUT2D eigenvalue weighted by Gasteiger charge is 2.07. The molecular weight excluding hydrogens is 300 g/mol. The lowest BCUT2D eigenvalue weighted by Crippen LogP contribution is -2.23. The third kappa shape index (κ3) is 5.12. The lowest BCUT2D eigenvalue weighted by atomic mass is 10.1. The SMILES string of the molecule is Cc1cccc(NC(N)=NCCc2cccc(C(=O)N(C)C)c2)c1. The minimum atomic E-state index is 0.000907. The number of benzene rings is 2. The third-order valence-corrected chi connectivity index (χ3v) is 3.55. The van der Waals surface area contributed by atoms with Crippen molar-refractivity contribution in [3.05, 3.63) is 65.2 Å². The van der Waals surface area contributed by atoms with Gasteiger partial charge in [0.05, 0.1) is 0 Å². The second-order valence-electron chi connectivity index (χ2n) is 5.91. The Hall–Kier alpha value is -2.82. The van der Waals surface area contributed by atoms with Gasteiger partial charge in [0.25, 0.3) is 5.91 Å². The molecule has 24 heavy (non-hydrogen) atoms. The number of aryl methyl sites for hydroxylation is 1. The Balaban J connectivity index is 1.93. The first-order valence-corrected chi connectivity index (χ1v) is 7.90. The molecule has 2 aromatic rings. The maximum absolute atomic E-state index is 12.0. The number of anilines is 1. The Morgan fingerprint density at radius 2 is 1.92 bits per heavy atom. The molecule has 0 aromatic heterocycles. The number of nitrogens with two attached hydrogens (primary N) is 1. The van der Waals surface area contributed by atoms with Crippen molar-refractivity contribution in [1.82, 2.24) is 4.90 Å². The molecule has 3 N–H and O–H groups in total. The smallest absolute Gasteiger partial charge is 0.253 e. The highest BCUT2D eigenvalue weighted by atomic mass is 16.2. The molecule has 0 saturated carbocycles. The Labute approximate surface area is 143 Å². The largest absolute Gasteiger partial charge is 0.370 e. The van der Waals surface area contributed by atoms with Crippen molar-refractivity contribution in [2.45, 2.75) is 13.3 Å². The molecule has 0 saturated heterocycles. The number of aliphatic imine (C=N–C) groups is 1. The van der Waals surface area contributed by atoms with E-state index in [1.165, 1.54) is 0 Å². The molecule has 0 heterocycles. The predicted molar refractivity (Wildman–Crippen MR) is 99.5 cm³/mol. The van der Waals surface area contributed by atoms with Crippen molar-refractivity contribution < 1.29 is 4.79 Å². The van der Waals surface area contributed by atoms with Gasteiger partial charge in [-0.2, -0.15) is 0 Å². The summed E-state index contributed by atoms with van der Waals surface area (Å²) in [5, 5.41) is 3.08. The van der Waals surface area contributed by atoms with Gasteiger partial charge in [0.15, 0.2) is 5.96 Å². The van der Waals surface area contributed by atoms with Crippen molar-refractivity contribution in [2.24, 2.45) is 10.7 Å². The molecule has 0 atom stereocenters. The summed E-state index contributed by atoms with van der Waals surface area (Å²) >= 11 is 0. The summed E-state index contributed by atoms with van der Waals surface area (Å²) in [6.45, 7) is 2.59. The molecular formula is C19H24N4O. The average molecular weight is 324 g/mol. The zero-order chi connectivity index (χ0) is 17.5. The van der Waals surface area contributed by atoms with Gasteiger partial charge in [0.2, 0.25) is 0 Å². The fraction of sp³-hybridized carbons (Fsp3) is 0.263. The molecule has 0 radical (unpaired) electrons. The number of nitrogens with one attached hydrogen (secondary N) is 1. The summed E-state index contributed by atoms with van der Waals surface area (Å²) in [5.41, 5.74) is 9.76. The molecule has 2 aromatic carbocycles. The van der Waals surface area contributed by atoms with Crippen LogP contribution in [-0.4, -0.2) is 37.4 Å². The summed E-state index contributed by atoms with van der Waals surface area (Å²) in [6, 6.07) is 15.6. The van der Waals surface area contributed by atoms with Crippen LogP contribution < -0.4 is 11.1 Å². The van der Waals surface area contributed by atoms with Gasteiger partial charge in [-0.3, -0.25) is 9.79 Å². The molecule has 5 nitrogen and oxygen atoms in total. The second kappa shape index (κ2) is 8.15. The van der Waals surface area contributed by atoms with E-state index in [0.717, 1.165) is 23.2 Å². The maximum atomic E-state index is 12.0. The van der Waals surface area contributed by atoms with Crippen LogP contribution in [0.5, 0.6) is 0 Å². The molecule has 0 aliphatic rings. The van der Waals surface area contributed by atoms with Crippen LogP contribution in [0.1, 0.15) is 21.5 Å². The fourth-order valence-corrected chi connectivity index (χ4v) is 2.33. The first kappa shape index (κ1) is 17.5. The van der Waals surface area contributed by atoms with E-state index in [2.05, 4.69) is 10.3 Å². The Morgan fingerprint density at radius 3 is 2.62 bits per heavy atom. The van der Waals surface area contributed by atoms with Crippen molar-refractivity contribution in [1.29, 1.82) is 0 Å². The van der Waals surface area contributed by atoms with Crippen molar-refractivity contribution in [2.75, 3.05) is 26.0 Å². The molecule has 126 valence electrons. The van der Waals surface area contributed by atoms with Crippen molar-refractivity contribution in [3.8, 4) is 0 Å². The topological polar surface area (TPSA) is 70.7 Å². The monoisotopic (exact) mass is 324 g/mol. The number of carbonyl (C=O) groups is 1. The molecule has 0 spiro atoms. The van der Waals surface area contributed by atoms with Gasteiger partial charge in [-0.05, 0) is 48.7 Å². The number of amides is 1. The summed E-state index contributed by atoms with van der Waals surface area (Å²) < 4.78 is 0. The van der Waals surface area contributed by atoms with E-state index in [4.69, 9.17) is 5.73 Å². The van der Waals surface area contributed by atoms with Gasteiger partial charge in [0.1, 0.15) is 0 Å². The summed E-state index contributed by atoms with van der Waals surface area (Å²) in [6.07, 6.45) is 0.727. The van der Waals surface area contributed by atoms with Crippen LogP contribution in [0, 0.1) is 6.92 Å². The molecule has 2 rings (SSSR count). The van der Waals surface area contributed by atoms with Crippen LogP contribution in [0.15, 0.2) is 53.5 Å². The average Bonchev–Trinajstić information content (AvgIpc) is 2.54. The summed E-state index contributed by atoms with van der Waals surface area (Å²) in [7, 11) is 3.49. The van der Waals surface area contributed by atoms with Gasteiger partial charge in [-0.15, -0.1) is 0 Å². The van der Waals surface area contributed by atoms with Crippen LogP contribution in [0.25, 0.3) is 0 Å². The molecule has 0 fully saturated rings. The number of carbonyl (C=O) groups excluding carboxylic acids is 1. The first-order chi connectivity index (χ1) is 11.5. The van der Waals surface area contributed by atoms with Gasteiger partial charge in [-0.1, -0.05) is 24.3 Å². The van der Waals surface area contributed by atoms with Gasteiger partial charge < -0.3 is 16.0 Å². The van der Waals surface area contributed by atoms with Crippen molar-refractivity contribution >= 4 is 17.6 Å². The minimum absolute atomic E-state index is 0.000907. The fourth-order valence-electron chi connectivity index (χ4n) is 2.33. The van der Waals surface area contributed by atoms with Crippen LogP contribution >= 0.6 is 0 Å². The van der Waals surface area contributed by atoms with E-state index in [0.29, 0.717) is 18.1 Å². The lowest BCUT2D eigenvalue weighted by Gasteiger charge is -2.11. The van der Waals surface area contributed by atoms with Crippen LogP contribution in [-0.2, 0) is 6.42 Å². The number of nitrogens with zero attached hydrogens (tertiary/aromatic N) is 2. The summed E-state index contributed by atoms with van der Waals surface area (Å²) in [4.78, 5) is 17.9. The Morgan fingerprint density at radius 1 is 1.17 bits per heavy atom. The standard InChI is InChI=1S/C19H24N4O/c1-14-6-4-9-17(12-14)22-19(20)21-11-10-15-7-5-8-16(13-15)18(24)23(2)3/h4-9,12-13H,10-11H2,1-3H3,(H3,20,21,22). The quantitative estimate of drug-likeness (QED) is 0.656. The molecule has 0 unspecified atom stereocenters. The Kier molecular flexibility index (Phi) is 5.95. The Bertz CT molecular complexity index is 738. The van der Waals surface area contributed by atoms with Crippen LogP contribution in [0.2, 0.25) is 0 Å². The molecule has 1 amide bonds. The van der Waals surface area contributed by atoms with Crippen LogP contribution in [0.3, 0.4) is 0 Å². The van der Waals surface area contributed by atoms with E-state index >= 15 is 0 Å². The number of hydrogen-bond donors (Lipinski definition) is 2. The van der Waals surface area contributed by atoms with E-state index in [1.54, 1.807) is 19.0 Å². The highest BCUT2D eigenvalue weighted by Crippen LogP contribution is 2.10. The predicted octanol–water partition coefficient (Wildman–Crippen LogP) is 2.67. The molecule has 5 heteroatoms. The zero-order valence-corrected chi connectivity index (χ0v) is 14.4. The van der Waals surface area contributed by atoms with Crippen LogP contribution in [0.4, 0.5) is 5.69 Å². The minimum Gasteiger partial charge on any atom is -0.370 e. The zero-order valence-electron chi connectivity index (χ0n) is 14.4. The normalized spacial score (nSPS) is 11.2. The number of guanidine groups is 1. The van der Waals surface area contributed by atoms with E-state index in [-0.39, 0.29) is 5.91 Å². The number of rotatable bonds is 5. The molecule has 0 aliphatic carbocycles. The number of hydrogen-bond acceptors (Lipinski definition) is 2. The van der Waals surface area contributed by atoms with E-state index < -0.39 is 0 Å². The van der Waals surface area contributed by atoms with Gasteiger partial charge in [-0.25, -0.2) is 0 Å². The second-order valence-corrected chi connectivity index (χ2v) is 5.91. The lowest BCUT2D eigenvalue weighted by molar-refractivity contribution is 0.0827. The first-order valence-electron chi connectivity index (χ1n) is 7.90. The van der Waals surface area contributed by atoms with Gasteiger partial charge >= 0.3 is 0 Å². The van der Waals surface area contributed by atoms with Crippen molar-refractivity contribution in [3.63, 3.8) is 0 Å². The summed E-state index contributed by atoms with van der Waals surface area (Å²) in [5.74, 6) is 0.391.